The first-order valence-corrected chi connectivity index (χ1v) is 5.55. The van der Waals surface area contributed by atoms with Crippen LogP contribution in [0.3, 0.4) is 0 Å². The lowest BCUT2D eigenvalue weighted by molar-refractivity contribution is -0.384. The summed E-state index contributed by atoms with van der Waals surface area (Å²) in [6.45, 7) is 2.27. The fourth-order valence-electron chi connectivity index (χ4n) is 1.74. The van der Waals surface area contributed by atoms with Gasteiger partial charge >= 0.3 is 0 Å². The third-order valence-corrected chi connectivity index (χ3v) is 2.65. The number of hydrogen-bond acceptors (Lipinski definition) is 4. The molecular weight excluding hydrogens is 230 g/mol. The van der Waals surface area contributed by atoms with Gasteiger partial charge in [-0.05, 0) is 30.7 Å². The second kappa shape index (κ2) is 5.27. The van der Waals surface area contributed by atoms with Crippen molar-refractivity contribution in [2.24, 2.45) is 0 Å². The van der Waals surface area contributed by atoms with Crippen molar-refractivity contribution in [2.75, 3.05) is 5.32 Å². The van der Waals surface area contributed by atoms with Crippen LogP contribution >= 0.6 is 0 Å². The van der Waals surface area contributed by atoms with Crippen LogP contribution in [0.2, 0.25) is 0 Å². The van der Waals surface area contributed by atoms with Crippen LogP contribution in [0.4, 0.5) is 11.4 Å². The molecule has 0 aliphatic rings. The van der Waals surface area contributed by atoms with Gasteiger partial charge in [-0.3, -0.25) is 15.1 Å². The Morgan fingerprint density at radius 3 is 2.67 bits per heavy atom. The Morgan fingerprint density at radius 2 is 2.00 bits per heavy atom. The quantitative estimate of drug-likeness (QED) is 0.662. The summed E-state index contributed by atoms with van der Waals surface area (Å²) in [5, 5.41) is 14.1. The number of nitrogens with one attached hydrogen (secondary N) is 1. The molecule has 1 N–H and O–H groups in total. The van der Waals surface area contributed by atoms with Crippen molar-refractivity contribution in [1.29, 1.82) is 0 Å². The van der Waals surface area contributed by atoms with Crippen LogP contribution in [-0.4, -0.2) is 9.91 Å². The molecule has 1 aromatic carbocycles. The number of rotatable bonds is 4. The Balaban J connectivity index is 2.20. The standard InChI is InChI=1S/C13H13N3O2/c1-10-3-2-4-12(13(10)16(17)18)15-9-11-5-7-14-8-6-11/h2-8,15H,9H2,1H3. The Bertz CT molecular complexity index is 555. The summed E-state index contributed by atoms with van der Waals surface area (Å²) in [5.41, 5.74) is 2.35. The number of nitrogens with zero attached hydrogens (tertiary/aromatic N) is 2. The van der Waals surface area contributed by atoms with Crippen molar-refractivity contribution < 1.29 is 4.92 Å². The molecule has 92 valence electrons. The van der Waals surface area contributed by atoms with Crippen LogP contribution < -0.4 is 5.32 Å². The molecule has 0 spiro atoms. The van der Waals surface area contributed by atoms with Crippen LogP contribution in [0.1, 0.15) is 11.1 Å². The molecule has 0 fully saturated rings. The number of hydrogen-bond donors (Lipinski definition) is 1. The Hall–Kier alpha value is -2.43. The molecule has 2 rings (SSSR count). The third kappa shape index (κ3) is 2.63. The fraction of sp³-hybridized carbons (Fsp3) is 0.154. The van der Waals surface area contributed by atoms with E-state index in [1.165, 1.54) is 0 Å². The smallest absolute Gasteiger partial charge is 0.295 e. The van der Waals surface area contributed by atoms with E-state index >= 15 is 0 Å². The lowest BCUT2D eigenvalue weighted by Gasteiger charge is -2.08. The van der Waals surface area contributed by atoms with E-state index in [1.54, 1.807) is 37.5 Å². The van der Waals surface area contributed by atoms with Gasteiger partial charge in [-0.2, -0.15) is 0 Å². The van der Waals surface area contributed by atoms with Gasteiger partial charge in [0, 0.05) is 24.5 Å². The van der Waals surface area contributed by atoms with Crippen molar-refractivity contribution in [3.8, 4) is 0 Å². The number of nitro benzene ring substituents is 1. The van der Waals surface area contributed by atoms with Gasteiger partial charge < -0.3 is 5.32 Å². The molecule has 0 unspecified atom stereocenters. The van der Waals surface area contributed by atoms with E-state index in [2.05, 4.69) is 10.3 Å². The number of anilines is 1. The molecule has 0 saturated carbocycles. The molecule has 0 aliphatic carbocycles. The van der Waals surface area contributed by atoms with E-state index in [-0.39, 0.29) is 10.6 Å². The van der Waals surface area contributed by atoms with Gasteiger partial charge in [-0.25, -0.2) is 0 Å². The summed E-state index contributed by atoms with van der Waals surface area (Å²) in [7, 11) is 0. The SMILES string of the molecule is Cc1cccc(NCc2ccncc2)c1[N+](=O)[O-]. The molecule has 18 heavy (non-hydrogen) atoms. The first kappa shape index (κ1) is 12.0. The van der Waals surface area contributed by atoms with E-state index in [9.17, 15) is 10.1 Å². The molecule has 0 bridgehead atoms. The number of nitro groups is 1. The van der Waals surface area contributed by atoms with Crippen LogP contribution in [-0.2, 0) is 6.54 Å². The van der Waals surface area contributed by atoms with Gasteiger partial charge in [0.2, 0.25) is 0 Å². The fourth-order valence-corrected chi connectivity index (χ4v) is 1.74. The normalized spacial score (nSPS) is 10.1. The molecule has 5 heteroatoms. The highest BCUT2D eigenvalue weighted by Gasteiger charge is 2.16. The summed E-state index contributed by atoms with van der Waals surface area (Å²) < 4.78 is 0. The highest BCUT2D eigenvalue weighted by Crippen LogP contribution is 2.28. The van der Waals surface area contributed by atoms with Crippen LogP contribution in [0.5, 0.6) is 0 Å². The van der Waals surface area contributed by atoms with Crippen LogP contribution in [0.25, 0.3) is 0 Å². The van der Waals surface area contributed by atoms with E-state index in [0.29, 0.717) is 17.8 Å². The minimum absolute atomic E-state index is 0.131. The first-order valence-electron chi connectivity index (χ1n) is 5.55. The van der Waals surface area contributed by atoms with Gasteiger partial charge in [0.05, 0.1) is 4.92 Å². The predicted molar refractivity (Wildman–Crippen MR) is 69.4 cm³/mol. The van der Waals surface area contributed by atoms with Crippen molar-refractivity contribution >= 4 is 11.4 Å². The third-order valence-electron chi connectivity index (χ3n) is 2.65. The number of aryl methyl sites for hydroxylation is 1. The Kier molecular flexibility index (Phi) is 3.52. The Morgan fingerprint density at radius 1 is 1.28 bits per heavy atom. The minimum atomic E-state index is -0.357. The number of benzene rings is 1. The van der Waals surface area contributed by atoms with E-state index in [1.807, 2.05) is 12.1 Å². The zero-order valence-electron chi connectivity index (χ0n) is 9.96. The maximum atomic E-state index is 11.0. The number of aromatic nitrogens is 1. The minimum Gasteiger partial charge on any atom is -0.375 e. The van der Waals surface area contributed by atoms with Gasteiger partial charge in [-0.15, -0.1) is 0 Å². The van der Waals surface area contributed by atoms with E-state index < -0.39 is 0 Å². The van der Waals surface area contributed by atoms with Gasteiger partial charge in [-0.1, -0.05) is 12.1 Å². The van der Waals surface area contributed by atoms with Crippen LogP contribution in [0, 0.1) is 17.0 Å². The number of pyridine rings is 1. The monoisotopic (exact) mass is 243 g/mol. The molecule has 1 aromatic heterocycles. The molecule has 0 atom stereocenters. The molecule has 0 amide bonds. The molecule has 2 aromatic rings. The molecular formula is C13H13N3O2. The predicted octanol–water partition coefficient (Wildman–Crippen LogP) is 2.91. The lowest BCUT2D eigenvalue weighted by atomic mass is 10.1. The van der Waals surface area contributed by atoms with Crippen molar-refractivity contribution in [1.82, 2.24) is 4.98 Å². The highest BCUT2D eigenvalue weighted by molar-refractivity contribution is 5.65. The second-order valence-corrected chi connectivity index (χ2v) is 3.94. The van der Waals surface area contributed by atoms with E-state index in [4.69, 9.17) is 0 Å². The molecule has 1 heterocycles. The maximum absolute atomic E-state index is 11.0. The highest BCUT2D eigenvalue weighted by atomic mass is 16.6. The molecule has 0 radical (unpaired) electrons. The zero-order chi connectivity index (χ0) is 13.0. The van der Waals surface area contributed by atoms with Crippen LogP contribution in [0.15, 0.2) is 42.7 Å². The van der Waals surface area contributed by atoms with Gasteiger partial charge in [0.25, 0.3) is 5.69 Å². The summed E-state index contributed by atoms with van der Waals surface area (Å²) in [6, 6.07) is 8.99. The largest absolute Gasteiger partial charge is 0.375 e. The van der Waals surface area contributed by atoms with Gasteiger partial charge in [0.1, 0.15) is 5.69 Å². The van der Waals surface area contributed by atoms with E-state index in [0.717, 1.165) is 5.56 Å². The summed E-state index contributed by atoms with van der Waals surface area (Å²) in [6.07, 6.45) is 3.39. The number of para-hydroxylation sites is 1. The first-order chi connectivity index (χ1) is 8.68. The topological polar surface area (TPSA) is 68.1 Å². The van der Waals surface area contributed by atoms with Crippen molar-refractivity contribution in [2.45, 2.75) is 13.5 Å². The second-order valence-electron chi connectivity index (χ2n) is 3.94. The maximum Gasteiger partial charge on any atom is 0.295 e. The van der Waals surface area contributed by atoms with Gasteiger partial charge in [0.15, 0.2) is 0 Å². The van der Waals surface area contributed by atoms with Crippen molar-refractivity contribution in [3.63, 3.8) is 0 Å². The summed E-state index contributed by atoms with van der Waals surface area (Å²) in [5.74, 6) is 0. The zero-order valence-corrected chi connectivity index (χ0v) is 9.96. The lowest BCUT2D eigenvalue weighted by Crippen LogP contribution is -2.03. The molecule has 0 aliphatic heterocycles. The summed E-state index contributed by atoms with van der Waals surface area (Å²) >= 11 is 0. The molecule has 5 nitrogen and oxygen atoms in total. The summed E-state index contributed by atoms with van der Waals surface area (Å²) in [4.78, 5) is 14.6. The Labute approximate surface area is 105 Å². The van der Waals surface area contributed by atoms with Crippen molar-refractivity contribution in [3.05, 3.63) is 64.0 Å². The average molecular weight is 243 g/mol. The average Bonchev–Trinajstić information content (AvgIpc) is 2.37. The molecule has 0 saturated heterocycles.